The summed E-state index contributed by atoms with van der Waals surface area (Å²) in [6, 6.07) is 1.81. The maximum absolute atomic E-state index is 13.6. The molecule has 0 unspecified atom stereocenters. The summed E-state index contributed by atoms with van der Waals surface area (Å²) < 4.78 is 31.5. The number of halogens is 2. The maximum Gasteiger partial charge on any atom is 0.328 e. The van der Waals surface area contributed by atoms with Crippen molar-refractivity contribution in [1.82, 2.24) is 0 Å². The Kier molecular flexibility index (Phi) is 4.36. The summed E-state index contributed by atoms with van der Waals surface area (Å²) in [5.74, 6) is -5.13. The number of hydrogen-bond donors (Lipinski definition) is 2. The second kappa shape index (κ2) is 5.76. The fourth-order valence-corrected chi connectivity index (χ4v) is 1.16. The molecule has 0 aliphatic carbocycles. The minimum absolute atomic E-state index is 0.243. The van der Waals surface area contributed by atoms with E-state index in [-0.39, 0.29) is 12.4 Å². The van der Waals surface area contributed by atoms with E-state index in [2.05, 4.69) is 0 Å². The van der Waals surface area contributed by atoms with Gasteiger partial charge in [-0.25, -0.2) is 13.6 Å². The van der Waals surface area contributed by atoms with Crippen molar-refractivity contribution in [1.29, 1.82) is 0 Å². The number of carboxylic acids is 1. The summed E-state index contributed by atoms with van der Waals surface area (Å²) in [6.45, 7) is -0.243. The molecule has 1 aromatic rings. The van der Waals surface area contributed by atoms with Crippen molar-refractivity contribution in [3.8, 4) is 5.75 Å². The fraction of sp³-hybridized carbons (Fsp3) is 0.0909. The zero-order chi connectivity index (χ0) is 13.7. The van der Waals surface area contributed by atoms with E-state index in [1.807, 2.05) is 0 Å². The quantitative estimate of drug-likeness (QED) is 0.772. The first kappa shape index (κ1) is 13.6. The van der Waals surface area contributed by atoms with Crippen molar-refractivity contribution < 1.29 is 28.2 Å². The first-order chi connectivity index (χ1) is 8.43. The zero-order valence-corrected chi connectivity index (χ0v) is 9.02. The van der Waals surface area contributed by atoms with Crippen molar-refractivity contribution in [2.75, 3.05) is 6.61 Å². The van der Waals surface area contributed by atoms with Gasteiger partial charge < -0.3 is 15.6 Å². The SMILES string of the molecule is NC(=O)c1c(F)ccc(OCC=CC(=O)O)c1F. The van der Waals surface area contributed by atoms with Crippen LogP contribution in [0.2, 0.25) is 0 Å². The van der Waals surface area contributed by atoms with Gasteiger partial charge in [-0.2, -0.15) is 0 Å². The van der Waals surface area contributed by atoms with E-state index in [0.717, 1.165) is 24.3 Å². The molecule has 0 aromatic heterocycles. The van der Waals surface area contributed by atoms with Gasteiger partial charge in [0.15, 0.2) is 11.6 Å². The molecule has 1 aromatic carbocycles. The molecule has 0 atom stereocenters. The first-order valence-electron chi connectivity index (χ1n) is 4.73. The van der Waals surface area contributed by atoms with Gasteiger partial charge in [0.2, 0.25) is 0 Å². The molecule has 0 bridgehead atoms. The van der Waals surface area contributed by atoms with E-state index in [1.165, 1.54) is 0 Å². The molecule has 0 aliphatic rings. The molecule has 0 heterocycles. The molecule has 3 N–H and O–H groups in total. The van der Waals surface area contributed by atoms with Crippen LogP contribution in [-0.4, -0.2) is 23.6 Å². The minimum Gasteiger partial charge on any atom is -0.486 e. The molecule has 1 rings (SSSR count). The summed E-state index contributed by atoms with van der Waals surface area (Å²) in [6.07, 6.45) is 1.92. The molecule has 96 valence electrons. The Morgan fingerprint density at radius 2 is 2.06 bits per heavy atom. The third-order valence-corrected chi connectivity index (χ3v) is 1.90. The minimum atomic E-state index is -1.25. The number of carbonyl (C=O) groups excluding carboxylic acids is 1. The molecule has 18 heavy (non-hydrogen) atoms. The molecule has 0 fully saturated rings. The molecule has 0 radical (unpaired) electrons. The van der Waals surface area contributed by atoms with Gasteiger partial charge in [0.1, 0.15) is 18.0 Å². The molecule has 7 heteroatoms. The van der Waals surface area contributed by atoms with E-state index in [4.69, 9.17) is 15.6 Å². The number of rotatable bonds is 5. The van der Waals surface area contributed by atoms with E-state index < -0.39 is 29.1 Å². The lowest BCUT2D eigenvalue weighted by atomic mass is 10.1. The lowest BCUT2D eigenvalue weighted by Crippen LogP contribution is -2.16. The Labute approximate surface area is 100 Å². The number of aliphatic carboxylic acids is 1. The number of carboxylic acid groups (broad SMARTS) is 1. The highest BCUT2D eigenvalue weighted by molar-refractivity contribution is 5.93. The van der Waals surface area contributed by atoms with Crippen LogP contribution in [0.25, 0.3) is 0 Å². The molecule has 0 spiro atoms. The Bertz CT molecular complexity index is 514. The molecule has 0 saturated carbocycles. The molecule has 5 nitrogen and oxygen atoms in total. The van der Waals surface area contributed by atoms with Crippen LogP contribution in [0.3, 0.4) is 0 Å². The molecule has 0 aliphatic heterocycles. The lowest BCUT2D eigenvalue weighted by molar-refractivity contribution is -0.131. The average Bonchev–Trinajstić information content (AvgIpc) is 2.26. The number of primary amides is 1. The summed E-state index contributed by atoms with van der Waals surface area (Å²) >= 11 is 0. The predicted molar refractivity (Wildman–Crippen MR) is 57.1 cm³/mol. The van der Waals surface area contributed by atoms with Gasteiger partial charge in [-0.3, -0.25) is 4.79 Å². The third-order valence-electron chi connectivity index (χ3n) is 1.90. The standard InChI is InChI=1S/C11H9F2NO4/c12-6-3-4-7(10(13)9(6)11(14)17)18-5-1-2-8(15)16/h1-4H,5H2,(H2,14,17)(H,15,16). The van der Waals surface area contributed by atoms with Gasteiger partial charge in [-0.05, 0) is 18.2 Å². The van der Waals surface area contributed by atoms with E-state index in [1.54, 1.807) is 0 Å². The average molecular weight is 257 g/mol. The lowest BCUT2D eigenvalue weighted by Gasteiger charge is -2.07. The van der Waals surface area contributed by atoms with Gasteiger partial charge in [-0.15, -0.1) is 0 Å². The van der Waals surface area contributed by atoms with Crippen LogP contribution in [-0.2, 0) is 4.79 Å². The Balaban J connectivity index is 2.88. The number of benzene rings is 1. The number of nitrogens with two attached hydrogens (primary N) is 1. The van der Waals surface area contributed by atoms with Crippen LogP contribution in [0, 0.1) is 11.6 Å². The van der Waals surface area contributed by atoms with Crippen LogP contribution >= 0.6 is 0 Å². The summed E-state index contributed by atoms with van der Waals surface area (Å²) in [7, 11) is 0. The van der Waals surface area contributed by atoms with E-state index >= 15 is 0 Å². The van der Waals surface area contributed by atoms with Gasteiger partial charge in [0.05, 0.1) is 0 Å². The maximum atomic E-state index is 13.6. The smallest absolute Gasteiger partial charge is 0.328 e. The van der Waals surface area contributed by atoms with Crippen molar-refractivity contribution in [3.05, 3.63) is 41.5 Å². The number of ether oxygens (including phenoxy) is 1. The van der Waals surface area contributed by atoms with Crippen LogP contribution < -0.4 is 10.5 Å². The normalized spacial score (nSPS) is 10.6. The second-order valence-corrected chi connectivity index (χ2v) is 3.15. The monoisotopic (exact) mass is 257 g/mol. The predicted octanol–water partition coefficient (Wildman–Crippen LogP) is 1.08. The Morgan fingerprint density at radius 3 is 2.61 bits per heavy atom. The van der Waals surface area contributed by atoms with Crippen molar-refractivity contribution in [2.24, 2.45) is 5.73 Å². The largest absolute Gasteiger partial charge is 0.486 e. The molecule has 0 saturated heterocycles. The third kappa shape index (κ3) is 3.27. The van der Waals surface area contributed by atoms with Crippen molar-refractivity contribution in [2.45, 2.75) is 0 Å². The van der Waals surface area contributed by atoms with Gasteiger partial charge >= 0.3 is 5.97 Å². The first-order valence-corrected chi connectivity index (χ1v) is 4.73. The van der Waals surface area contributed by atoms with Gasteiger partial charge in [-0.1, -0.05) is 0 Å². The molecule has 1 amide bonds. The van der Waals surface area contributed by atoms with Crippen molar-refractivity contribution in [3.63, 3.8) is 0 Å². The fourth-order valence-electron chi connectivity index (χ4n) is 1.16. The Morgan fingerprint density at radius 1 is 1.39 bits per heavy atom. The highest BCUT2D eigenvalue weighted by Crippen LogP contribution is 2.22. The number of carbonyl (C=O) groups is 2. The van der Waals surface area contributed by atoms with E-state index in [9.17, 15) is 18.4 Å². The molecular formula is C11H9F2NO4. The second-order valence-electron chi connectivity index (χ2n) is 3.15. The topological polar surface area (TPSA) is 89.6 Å². The van der Waals surface area contributed by atoms with Crippen LogP contribution in [0.15, 0.2) is 24.3 Å². The van der Waals surface area contributed by atoms with E-state index in [0.29, 0.717) is 0 Å². The summed E-state index contributed by atoms with van der Waals surface area (Å²) in [5, 5.41) is 8.29. The Hall–Kier alpha value is -2.44. The van der Waals surface area contributed by atoms with Crippen LogP contribution in [0.4, 0.5) is 8.78 Å². The zero-order valence-electron chi connectivity index (χ0n) is 9.02. The van der Waals surface area contributed by atoms with Gasteiger partial charge in [0, 0.05) is 6.08 Å². The highest BCUT2D eigenvalue weighted by Gasteiger charge is 2.18. The van der Waals surface area contributed by atoms with Crippen LogP contribution in [0.1, 0.15) is 10.4 Å². The summed E-state index contributed by atoms with van der Waals surface area (Å²) in [5.41, 5.74) is 3.92. The number of amides is 1. The molecular weight excluding hydrogens is 248 g/mol. The van der Waals surface area contributed by atoms with Crippen LogP contribution in [0.5, 0.6) is 5.75 Å². The number of hydrogen-bond acceptors (Lipinski definition) is 3. The van der Waals surface area contributed by atoms with Crippen molar-refractivity contribution >= 4 is 11.9 Å². The summed E-state index contributed by atoms with van der Waals surface area (Å²) in [4.78, 5) is 20.9. The highest BCUT2D eigenvalue weighted by atomic mass is 19.1. The van der Waals surface area contributed by atoms with Gasteiger partial charge in [0.25, 0.3) is 5.91 Å².